The zero-order valence-corrected chi connectivity index (χ0v) is 9.91. The van der Waals surface area contributed by atoms with Gasteiger partial charge in [0.1, 0.15) is 0 Å². The largest absolute Gasteiger partial charge is 0.397 e. The summed E-state index contributed by atoms with van der Waals surface area (Å²) in [6, 6.07) is 7.86. The lowest BCUT2D eigenvalue weighted by Crippen LogP contribution is -2.26. The van der Waals surface area contributed by atoms with E-state index >= 15 is 0 Å². The van der Waals surface area contributed by atoms with Gasteiger partial charge in [0, 0.05) is 22.8 Å². The molecule has 2 aromatic rings. The van der Waals surface area contributed by atoms with Gasteiger partial charge in [0.15, 0.2) is 0 Å². The van der Waals surface area contributed by atoms with E-state index in [2.05, 4.69) is 31.1 Å². The van der Waals surface area contributed by atoms with Crippen molar-refractivity contribution < 1.29 is 0 Å². The van der Waals surface area contributed by atoms with Gasteiger partial charge in [0.05, 0.1) is 11.2 Å². The fraction of sp³-hybridized carbons (Fsp3) is 0.308. The highest BCUT2D eigenvalue weighted by molar-refractivity contribution is 5.98. The van der Waals surface area contributed by atoms with Crippen LogP contribution in [0.1, 0.15) is 20.8 Å². The summed E-state index contributed by atoms with van der Waals surface area (Å²) in [4.78, 5) is 4.31. The predicted molar refractivity (Wildman–Crippen MR) is 69.5 cm³/mol. The minimum absolute atomic E-state index is 0.0267. The fourth-order valence-corrected chi connectivity index (χ4v) is 1.71. The Morgan fingerprint density at radius 1 is 1.19 bits per heavy atom. The van der Waals surface area contributed by atoms with Crippen LogP contribution in [0.4, 0.5) is 11.4 Å². The maximum atomic E-state index is 5.90. The van der Waals surface area contributed by atoms with Crippen LogP contribution in [0.25, 0.3) is 10.9 Å². The molecule has 1 aromatic heterocycles. The average molecular weight is 215 g/mol. The normalized spacial score (nSPS) is 11.7. The third kappa shape index (κ3) is 2.08. The number of hydrogen-bond donors (Lipinski definition) is 2. The lowest BCUT2D eigenvalue weighted by molar-refractivity contribution is 0.635. The van der Waals surface area contributed by atoms with E-state index in [1.165, 1.54) is 0 Å². The highest BCUT2D eigenvalue weighted by atomic mass is 15.0. The summed E-state index contributed by atoms with van der Waals surface area (Å²) in [5, 5.41) is 4.52. The summed E-state index contributed by atoms with van der Waals surface area (Å²) in [6.45, 7) is 6.39. The summed E-state index contributed by atoms with van der Waals surface area (Å²) in [5.41, 5.74) is 8.57. The quantitative estimate of drug-likeness (QED) is 0.719. The Kier molecular flexibility index (Phi) is 2.46. The molecule has 3 heteroatoms. The van der Waals surface area contributed by atoms with Gasteiger partial charge in [0.25, 0.3) is 0 Å². The molecular formula is C13H17N3. The van der Waals surface area contributed by atoms with E-state index in [4.69, 9.17) is 5.73 Å². The van der Waals surface area contributed by atoms with Crippen LogP contribution in [-0.4, -0.2) is 10.5 Å². The molecule has 0 atom stereocenters. The van der Waals surface area contributed by atoms with E-state index < -0.39 is 0 Å². The van der Waals surface area contributed by atoms with Crippen molar-refractivity contribution in [3.8, 4) is 0 Å². The Morgan fingerprint density at radius 3 is 2.62 bits per heavy atom. The lowest BCUT2D eigenvalue weighted by Gasteiger charge is -2.23. The van der Waals surface area contributed by atoms with Gasteiger partial charge >= 0.3 is 0 Å². The molecule has 0 bridgehead atoms. The molecule has 0 amide bonds. The van der Waals surface area contributed by atoms with E-state index in [0.29, 0.717) is 0 Å². The number of anilines is 2. The van der Waals surface area contributed by atoms with Gasteiger partial charge < -0.3 is 11.1 Å². The van der Waals surface area contributed by atoms with Gasteiger partial charge in [-0.15, -0.1) is 0 Å². The van der Waals surface area contributed by atoms with Gasteiger partial charge in [-0.25, -0.2) is 0 Å². The second-order valence-electron chi connectivity index (χ2n) is 4.98. The zero-order valence-electron chi connectivity index (χ0n) is 9.91. The molecule has 1 heterocycles. The van der Waals surface area contributed by atoms with Gasteiger partial charge in [-0.05, 0) is 45.0 Å². The molecule has 0 aliphatic carbocycles. The molecule has 0 saturated heterocycles. The second-order valence-corrected chi connectivity index (χ2v) is 4.98. The fourth-order valence-electron chi connectivity index (χ4n) is 1.71. The Bertz CT molecular complexity index is 512. The maximum absolute atomic E-state index is 5.90. The number of rotatable bonds is 1. The summed E-state index contributed by atoms with van der Waals surface area (Å²) in [7, 11) is 0. The molecule has 84 valence electrons. The second kappa shape index (κ2) is 3.67. The number of nitrogens with zero attached hydrogens (tertiary/aromatic N) is 1. The first-order valence-corrected chi connectivity index (χ1v) is 5.39. The van der Waals surface area contributed by atoms with Crippen LogP contribution in [0.15, 0.2) is 30.5 Å². The first kappa shape index (κ1) is 10.7. The van der Waals surface area contributed by atoms with Crippen molar-refractivity contribution in [2.24, 2.45) is 0 Å². The number of benzene rings is 1. The van der Waals surface area contributed by atoms with Crippen LogP contribution < -0.4 is 11.1 Å². The molecule has 0 aliphatic rings. The third-order valence-electron chi connectivity index (χ3n) is 2.31. The van der Waals surface area contributed by atoms with Crippen LogP contribution >= 0.6 is 0 Å². The summed E-state index contributed by atoms with van der Waals surface area (Å²) >= 11 is 0. The highest BCUT2D eigenvalue weighted by Gasteiger charge is 2.12. The van der Waals surface area contributed by atoms with Crippen molar-refractivity contribution in [3.63, 3.8) is 0 Å². The molecule has 0 spiro atoms. The standard InChI is InChI=1S/C13H17N3/c1-13(2,3)16-11-7-6-10(14)12-9(11)5-4-8-15-12/h4-8,16H,14H2,1-3H3. The van der Waals surface area contributed by atoms with Crippen LogP contribution in [0.5, 0.6) is 0 Å². The first-order chi connectivity index (χ1) is 7.47. The molecule has 0 fully saturated rings. The lowest BCUT2D eigenvalue weighted by atomic mass is 10.1. The number of nitrogens with one attached hydrogen (secondary N) is 1. The van der Waals surface area contributed by atoms with Crippen LogP contribution in [0.3, 0.4) is 0 Å². The molecule has 2 rings (SSSR count). The Morgan fingerprint density at radius 2 is 1.94 bits per heavy atom. The monoisotopic (exact) mass is 215 g/mol. The molecular weight excluding hydrogens is 198 g/mol. The Hall–Kier alpha value is -1.77. The SMILES string of the molecule is CC(C)(C)Nc1ccc(N)c2ncccc12. The van der Waals surface area contributed by atoms with E-state index in [1.54, 1.807) is 6.20 Å². The van der Waals surface area contributed by atoms with Crippen molar-refractivity contribution in [3.05, 3.63) is 30.5 Å². The predicted octanol–water partition coefficient (Wildman–Crippen LogP) is 3.03. The molecule has 0 aliphatic heterocycles. The third-order valence-corrected chi connectivity index (χ3v) is 2.31. The van der Waals surface area contributed by atoms with Crippen LogP contribution in [-0.2, 0) is 0 Å². The summed E-state index contributed by atoms with van der Waals surface area (Å²) in [6.07, 6.45) is 1.76. The summed E-state index contributed by atoms with van der Waals surface area (Å²) in [5.74, 6) is 0. The molecule has 16 heavy (non-hydrogen) atoms. The Labute approximate surface area is 95.7 Å². The number of nitrogens with two attached hydrogens (primary N) is 1. The molecule has 0 radical (unpaired) electrons. The first-order valence-electron chi connectivity index (χ1n) is 5.39. The number of hydrogen-bond acceptors (Lipinski definition) is 3. The highest BCUT2D eigenvalue weighted by Crippen LogP contribution is 2.28. The molecule has 3 N–H and O–H groups in total. The minimum Gasteiger partial charge on any atom is -0.397 e. The van der Waals surface area contributed by atoms with E-state index in [-0.39, 0.29) is 5.54 Å². The van der Waals surface area contributed by atoms with E-state index in [1.807, 2.05) is 24.3 Å². The minimum atomic E-state index is 0.0267. The van der Waals surface area contributed by atoms with E-state index in [9.17, 15) is 0 Å². The van der Waals surface area contributed by atoms with Crippen molar-refractivity contribution in [1.82, 2.24) is 4.98 Å². The van der Waals surface area contributed by atoms with E-state index in [0.717, 1.165) is 22.3 Å². The molecule has 1 aromatic carbocycles. The van der Waals surface area contributed by atoms with Crippen molar-refractivity contribution in [2.45, 2.75) is 26.3 Å². The van der Waals surface area contributed by atoms with Crippen molar-refractivity contribution >= 4 is 22.3 Å². The number of fused-ring (bicyclic) bond motifs is 1. The Balaban J connectivity index is 2.59. The maximum Gasteiger partial charge on any atom is 0.0951 e. The topological polar surface area (TPSA) is 50.9 Å². The van der Waals surface area contributed by atoms with Crippen LogP contribution in [0, 0.1) is 0 Å². The van der Waals surface area contributed by atoms with Crippen LogP contribution in [0.2, 0.25) is 0 Å². The molecule has 0 saturated carbocycles. The van der Waals surface area contributed by atoms with Gasteiger partial charge in [-0.2, -0.15) is 0 Å². The smallest absolute Gasteiger partial charge is 0.0951 e. The van der Waals surface area contributed by atoms with Gasteiger partial charge in [-0.3, -0.25) is 4.98 Å². The molecule has 3 nitrogen and oxygen atoms in total. The summed E-state index contributed by atoms with van der Waals surface area (Å²) < 4.78 is 0. The van der Waals surface area contributed by atoms with Crippen molar-refractivity contribution in [2.75, 3.05) is 11.1 Å². The average Bonchev–Trinajstić information content (AvgIpc) is 2.21. The van der Waals surface area contributed by atoms with Gasteiger partial charge in [0.2, 0.25) is 0 Å². The zero-order chi connectivity index (χ0) is 11.8. The molecule has 0 unspecified atom stereocenters. The van der Waals surface area contributed by atoms with Crippen molar-refractivity contribution in [1.29, 1.82) is 0 Å². The number of aromatic nitrogens is 1. The number of nitrogen functional groups attached to an aromatic ring is 1. The number of pyridine rings is 1. The van der Waals surface area contributed by atoms with Gasteiger partial charge in [-0.1, -0.05) is 0 Å².